The number of nitrogens with zero attached hydrogens (tertiary/aromatic N) is 1. The summed E-state index contributed by atoms with van der Waals surface area (Å²) in [6.07, 6.45) is 1.58. The molecular formula is C13H20N2O. The van der Waals surface area contributed by atoms with Crippen LogP contribution in [0, 0.1) is 0 Å². The molecular weight excluding hydrogens is 200 g/mol. The summed E-state index contributed by atoms with van der Waals surface area (Å²) < 4.78 is 0. The SMILES string of the molecule is CN(C)C(=O)CCNCCc1ccccc1. The molecule has 1 aromatic carbocycles. The highest BCUT2D eigenvalue weighted by Gasteiger charge is 2.01. The minimum absolute atomic E-state index is 0.173. The van der Waals surface area contributed by atoms with Crippen LogP contribution in [-0.2, 0) is 11.2 Å². The summed E-state index contributed by atoms with van der Waals surface area (Å²) in [6, 6.07) is 10.3. The Labute approximate surface area is 97.5 Å². The van der Waals surface area contributed by atoms with E-state index in [0.29, 0.717) is 6.42 Å². The average molecular weight is 220 g/mol. The van der Waals surface area contributed by atoms with Crippen LogP contribution in [0.3, 0.4) is 0 Å². The third kappa shape index (κ3) is 4.94. The molecule has 16 heavy (non-hydrogen) atoms. The number of amides is 1. The molecule has 1 amide bonds. The molecule has 0 heterocycles. The normalized spacial score (nSPS) is 10.1. The lowest BCUT2D eigenvalue weighted by atomic mass is 10.1. The van der Waals surface area contributed by atoms with E-state index >= 15 is 0 Å². The molecule has 1 rings (SSSR count). The second-order valence-corrected chi connectivity index (χ2v) is 4.02. The fraction of sp³-hybridized carbons (Fsp3) is 0.462. The molecule has 0 atom stereocenters. The molecule has 0 aliphatic rings. The van der Waals surface area contributed by atoms with Crippen LogP contribution in [0.15, 0.2) is 30.3 Å². The fourth-order valence-electron chi connectivity index (χ4n) is 1.42. The van der Waals surface area contributed by atoms with Gasteiger partial charge < -0.3 is 10.2 Å². The van der Waals surface area contributed by atoms with E-state index in [4.69, 9.17) is 0 Å². The Morgan fingerprint density at radius 1 is 1.19 bits per heavy atom. The number of hydrogen-bond donors (Lipinski definition) is 1. The van der Waals surface area contributed by atoms with Gasteiger partial charge in [0.25, 0.3) is 0 Å². The monoisotopic (exact) mass is 220 g/mol. The summed E-state index contributed by atoms with van der Waals surface area (Å²) in [5, 5.41) is 3.27. The Morgan fingerprint density at radius 2 is 1.88 bits per heavy atom. The van der Waals surface area contributed by atoms with Gasteiger partial charge in [-0.25, -0.2) is 0 Å². The van der Waals surface area contributed by atoms with E-state index in [1.165, 1.54) is 5.56 Å². The van der Waals surface area contributed by atoms with Crippen LogP contribution in [-0.4, -0.2) is 38.0 Å². The molecule has 0 aliphatic carbocycles. The van der Waals surface area contributed by atoms with Gasteiger partial charge in [0.15, 0.2) is 0 Å². The maximum atomic E-state index is 11.3. The van der Waals surface area contributed by atoms with Crippen molar-refractivity contribution >= 4 is 5.91 Å². The van der Waals surface area contributed by atoms with Crippen LogP contribution in [0.1, 0.15) is 12.0 Å². The summed E-state index contributed by atoms with van der Waals surface area (Å²) >= 11 is 0. The molecule has 0 aliphatic heterocycles. The highest BCUT2D eigenvalue weighted by molar-refractivity contribution is 5.75. The van der Waals surface area contributed by atoms with Gasteiger partial charge in [-0.05, 0) is 18.5 Å². The second-order valence-electron chi connectivity index (χ2n) is 4.02. The van der Waals surface area contributed by atoms with Gasteiger partial charge in [-0.1, -0.05) is 30.3 Å². The molecule has 3 heteroatoms. The van der Waals surface area contributed by atoms with Crippen molar-refractivity contribution in [2.45, 2.75) is 12.8 Å². The number of hydrogen-bond acceptors (Lipinski definition) is 2. The minimum Gasteiger partial charge on any atom is -0.349 e. The molecule has 0 fully saturated rings. The summed E-state index contributed by atoms with van der Waals surface area (Å²) in [5.41, 5.74) is 1.33. The van der Waals surface area contributed by atoms with Gasteiger partial charge in [0.05, 0.1) is 0 Å². The Hall–Kier alpha value is -1.35. The van der Waals surface area contributed by atoms with Gasteiger partial charge in [0.2, 0.25) is 5.91 Å². The topological polar surface area (TPSA) is 32.3 Å². The molecule has 3 nitrogen and oxygen atoms in total. The maximum absolute atomic E-state index is 11.3. The second kappa shape index (κ2) is 7.01. The van der Waals surface area contributed by atoms with Gasteiger partial charge in [-0.2, -0.15) is 0 Å². The van der Waals surface area contributed by atoms with Crippen LogP contribution < -0.4 is 5.32 Å². The predicted molar refractivity (Wildman–Crippen MR) is 66.3 cm³/mol. The van der Waals surface area contributed by atoms with E-state index in [1.54, 1.807) is 19.0 Å². The van der Waals surface area contributed by atoms with Crippen molar-refractivity contribution in [1.29, 1.82) is 0 Å². The molecule has 0 bridgehead atoms. The standard InChI is InChI=1S/C13H20N2O/c1-15(2)13(16)9-11-14-10-8-12-6-4-3-5-7-12/h3-7,14H,8-11H2,1-2H3. The third-order valence-electron chi connectivity index (χ3n) is 2.45. The smallest absolute Gasteiger partial charge is 0.223 e. The highest BCUT2D eigenvalue weighted by Crippen LogP contribution is 1.98. The van der Waals surface area contributed by atoms with E-state index in [9.17, 15) is 4.79 Å². The van der Waals surface area contributed by atoms with E-state index < -0.39 is 0 Å². The van der Waals surface area contributed by atoms with Crippen molar-refractivity contribution in [2.24, 2.45) is 0 Å². The van der Waals surface area contributed by atoms with Crippen molar-refractivity contribution < 1.29 is 4.79 Å². The molecule has 1 N–H and O–H groups in total. The number of carbonyl (C=O) groups is 1. The quantitative estimate of drug-likeness (QED) is 0.733. The zero-order valence-corrected chi connectivity index (χ0v) is 10.1. The van der Waals surface area contributed by atoms with Gasteiger partial charge in [-0.3, -0.25) is 4.79 Å². The summed E-state index contributed by atoms with van der Waals surface area (Å²) in [7, 11) is 3.57. The van der Waals surface area contributed by atoms with Crippen molar-refractivity contribution in [3.05, 3.63) is 35.9 Å². The lowest BCUT2D eigenvalue weighted by Gasteiger charge is -2.10. The van der Waals surface area contributed by atoms with E-state index in [0.717, 1.165) is 19.5 Å². The minimum atomic E-state index is 0.173. The van der Waals surface area contributed by atoms with Crippen molar-refractivity contribution in [3.8, 4) is 0 Å². The number of carbonyl (C=O) groups excluding carboxylic acids is 1. The Morgan fingerprint density at radius 3 is 2.50 bits per heavy atom. The van der Waals surface area contributed by atoms with Gasteiger partial charge in [-0.15, -0.1) is 0 Å². The molecule has 0 radical (unpaired) electrons. The summed E-state index contributed by atoms with van der Waals surface area (Å²) in [5.74, 6) is 0.173. The van der Waals surface area contributed by atoms with Crippen LogP contribution in [0.4, 0.5) is 0 Å². The molecule has 0 unspecified atom stereocenters. The molecule has 0 spiro atoms. The number of nitrogens with one attached hydrogen (secondary N) is 1. The first-order chi connectivity index (χ1) is 7.70. The van der Waals surface area contributed by atoms with Gasteiger partial charge in [0, 0.05) is 27.1 Å². The Bertz CT molecular complexity index is 309. The van der Waals surface area contributed by atoms with E-state index in [1.807, 2.05) is 18.2 Å². The summed E-state index contributed by atoms with van der Waals surface area (Å²) in [6.45, 7) is 1.68. The van der Waals surface area contributed by atoms with E-state index in [-0.39, 0.29) is 5.91 Å². The maximum Gasteiger partial charge on any atom is 0.223 e. The molecule has 0 saturated carbocycles. The van der Waals surface area contributed by atoms with Crippen molar-refractivity contribution in [3.63, 3.8) is 0 Å². The lowest BCUT2D eigenvalue weighted by molar-refractivity contribution is -0.128. The third-order valence-corrected chi connectivity index (χ3v) is 2.45. The highest BCUT2D eigenvalue weighted by atomic mass is 16.2. The van der Waals surface area contributed by atoms with Crippen molar-refractivity contribution in [1.82, 2.24) is 10.2 Å². The molecule has 88 valence electrons. The first-order valence-electron chi connectivity index (χ1n) is 5.65. The van der Waals surface area contributed by atoms with Gasteiger partial charge >= 0.3 is 0 Å². The van der Waals surface area contributed by atoms with Crippen LogP contribution in [0.5, 0.6) is 0 Å². The van der Waals surface area contributed by atoms with E-state index in [2.05, 4.69) is 17.4 Å². The Kier molecular flexibility index (Phi) is 5.57. The fourth-order valence-corrected chi connectivity index (χ4v) is 1.42. The van der Waals surface area contributed by atoms with Crippen LogP contribution in [0.2, 0.25) is 0 Å². The zero-order chi connectivity index (χ0) is 11.8. The molecule has 0 saturated heterocycles. The predicted octanol–water partition coefficient (Wildman–Crippen LogP) is 1.30. The Balaban J connectivity index is 2.07. The number of benzene rings is 1. The molecule has 1 aromatic rings. The van der Waals surface area contributed by atoms with Crippen LogP contribution >= 0.6 is 0 Å². The summed E-state index contributed by atoms with van der Waals surface area (Å²) in [4.78, 5) is 12.9. The largest absolute Gasteiger partial charge is 0.349 e. The first kappa shape index (κ1) is 12.7. The zero-order valence-electron chi connectivity index (χ0n) is 10.1. The average Bonchev–Trinajstić information content (AvgIpc) is 2.29. The van der Waals surface area contributed by atoms with Gasteiger partial charge in [0.1, 0.15) is 0 Å². The number of rotatable bonds is 6. The van der Waals surface area contributed by atoms with Crippen molar-refractivity contribution in [2.75, 3.05) is 27.2 Å². The lowest BCUT2D eigenvalue weighted by Crippen LogP contribution is -2.27. The molecule has 0 aromatic heterocycles. The van der Waals surface area contributed by atoms with Crippen LogP contribution in [0.25, 0.3) is 0 Å². The first-order valence-corrected chi connectivity index (χ1v) is 5.65.